The number of rotatable bonds is 5. The van der Waals surface area contributed by atoms with E-state index in [0.717, 1.165) is 9.79 Å². The highest BCUT2D eigenvalue weighted by atomic mass is 32.2. The van der Waals surface area contributed by atoms with Crippen LogP contribution in [0.5, 0.6) is 5.75 Å². The minimum absolute atomic E-state index is 0.0293. The molecule has 0 radical (unpaired) electrons. The molecule has 0 heterocycles. The molecular formula is C16H14O5S. The summed E-state index contributed by atoms with van der Waals surface area (Å²) in [7, 11) is 1.32. The monoisotopic (exact) mass is 318 g/mol. The van der Waals surface area contributed by atoms with Gasteiger partial charge in [0.1, 0.15) is 5.75 Å². The summed E-state index contributed by atoms with van der Waals surface area (Å²) in [4.78, 5) is 23.9. The molecule has 0 saturated carbocycles. The SMILES string of the molecule is COC(=O)c1ccc(Sc2ccc(O)cc2CC(=O)O)cc1. The second kappa shape index (κ2) is 7.00. The van der Waals surface area contributed by atoms with Crippen molar-refractivity contribution in [3.63, 3.8) is 0 Å². The molecule has 0 amide bonds. The predicted molar refractivity (Wildman–Crippen MR) is 81.4 cm³/mol. The number of carbonyl (C=O) groups is 2. The highest BCUT2D eigenvalue weighted by molar-refractivity contribution is 7.99. The van der Waals surface area contributed by atoms with Gasteiger partial charge in [0.15, 0.2) is 0 Å². The van der Waals surface area contributed by atoms with Gasteiger partial charge in [0, 0.05) is 9.79 Å². The number of phenolic OH excluding ortho intramolecular Hbond substituents is 1. The topological polar surface area (TPSA) is 83.8 Å². The molecule has 0 aliphatic carbocycles. The Morgan fingerprint density at radius 3 is 2.41 bits per heavy atom. The molecule has 22 heavy (non-hydrogen) atoms. The average molecular weight is 318 g/mol. The summed E-state index contributed by atoms with van der Waals surface area (Å²) in [5, 5.41) is 18.4. The van der Waals surface area contributed by atoms with Gasteiger partial charge in [0.2, 0.25) is 0 Å². The first-order valence-corrected chi connectivity index (χ1v) is 7.21. The molecule has 0 bridgehead atoms. The first kappa shape index (κ1) is 15.9. The molecule has 0 unspecified atom stereocenters. The number of hydrogen-bond donors (Lipinski definition) is 2. The molecule has 0 spiro atoms. The van der Waals surface area contributed by atoms with Crippen molar-refractivity contribution in [2.24, 2.45) is 0 Å². The van der Waals surface area contributed by atoms with Gasteiger partial charge in [0.25, 0.3) is 0 Å². The van der Waals surface area contributed by atoms with Crippen LogP contribution in [0.15, 0.2) is 52.3 Å². The Balaban J connectivity index is 2.23. The van der Waals surface area contributed by atoms with Gasteiger partial charge in [-0.3, -0.25) is 4.79 Å². The maximum Gasteiger partial charge on any atom is 0.337 e. The number of esters is 1. The Morgan fingerprint density at radius 1 is 1.14 bits per heavy atom. The number of benzene rings is 2. The van der Waals surface area contributed by atoms with Gasteiger partial charge in [-0.2, -0.15) is 0 Å². The minimum atomic E-state index is -0.964. The van der Waals surface area contributed by atoms with E-state index in [1.165, 1.54) is 31.0 Å². The lowest BCUT2D eigenvalue weighted by Gasteiger charge is -2.08. The van der Waals surface area contributed by atoms with Crippen molar-refractivity contribution < 1.29 is 24.5 Å². The molecule has 114 valence electrons. The van der Waals surface area contributed by atoms with Crippen molar-refractivity contribution >= 4 is 23.7 Å². The molecule has 6 heteroatoms. The van der Waals surface area contributed by atoms with Crippen LogP contribution in [0.2, 0.25) is 0 Å². The zero-order valence-electron chi connectivity index (χ0n) is 11.8. The molecule has 5 nitrogen and oxygen atoms in total. The van der Waals surface area contributed by atoms with E-state index < -0.39 is 11.9 Å². The number of carbonyl (C=O) groups excluding carboxylic acids is 1. The van der Waals surface area contributed by atoms with E-state index in [1.807, 2.05) is 0 Å². The second-order valence-electron chi connectivity index (χ2n) is 4.48. The van der Waals surface area contributed by atoms with E-state index in [0.29, 0.717) is 11.1 Å². The summed E-state index contributed by atoms with van der Waals surface area (Å²) in [5.41, 5.74) is 0.984. The smallest absolute Gasteiger partial charge is 0.337 e. The molecule has 2 rings (SSSR count). The van der Waals surface area contributed by atoms with Gasteiger partial charge in [-0.1, -0.05) is 11.8 Å². The lowest BCUT2D eigenvalue weighted by molar-refractivity contribution is -0.136. The predicted octanol–water partition coefficient (Wildman–Crippen LogP) is 2.96. The molecule has 0 atom stereocenters. The van der Waals surface area contributed by atoms with Crippen LogP contribution < -0.4 is 0 Å². The quantitative estimate of drug-likeness (QED) is 0.825. The highest BCUT2D eigenvalue weighted by Gasteiger charge is 2.10. The maximum absolute atomic E-state index is 11.4. The first-order chi connectivity index (χ1) is 10.5. The third-order valence-electron chi connectivity index (χ3n) is 2.89. The molecule has 0 aliphatic rings. The fourth-order valence-electron chi connectivity index (χ4n) is 1.87. The summed E-state index contributed by atoms with van der Waals surface area (Å²) in [6.07, 6.45) is -0.170. The minimum Gasteiger partial charge on any atom is -0.508 e. The normalized spacial score (nSPS) is 10.2. The third kappa shape index (κ3) is 4.02. The van der Waals surface area contributed by atoms with Gasteiger partial charge in [-0.15, -0.1) is 0 Å². The van der Waals surface area contributed by atoms with Crippen LogP contribution in [0.3, 0.4) is 0 Å². The Kier molecular flexibility index (Phi) is 5.06. The van der Waals surface area contributed by atoms with Gasteiger partial charge in [-0.25, -0.2) is 4.79 Å². The van der Waals surface area contributed by atoms with Crippen LogP contribution in [0.1, 0.15) is 15.9 Å². The van der Waals surface area contributed by atoms with Crippen molar-refractivity contribution in [1.29, 1.82) is 0 Å². The van der Waals surface area contributed by atoms with Crippen LogP contribution in [0.4, 0.5) is 0 Å². The summed E-state index contributed by atoms with van der Waals surface area (Å²) in [5.74, 6) is -1.34. The number of hydrogen-bond acceptors (Lipinski definition) is 5. The van der Waals surface area contributed by atoms with E-state index in [9.17, 15) is 14.7 Å². The Bertz CT molecular complexity index is 694. The van der Waals surface area contributed by atoms with Gasteiger partial charge in [0.05, 0.1) is 19.1 Å². The van der Waals surface area contributed by atoms with Gasteiger partial charge >= 0.3 is 11.9 Å². The number of methoxy groups -OCH3 is 1. The number of ether oxygens (including phenoxy) is 1. The molecule has 2 aromatic carbocycles. The molecule has 0 saturated heterocycles. The van der Waals surface area contributed by atoms with Crippen LogP contribution >= 0.6 is 11.8 Å². The van der Waals surface area contributed by atoms with Crippen LogP contribution in [0, 0.1) is 0 Å². The first-order valence-electron chi connectivity index (χ1n) is 6.39. The lowest BCUT2D eigenvalue weighted by atomic mass is 10.1. The number of aliphatic carboxylic acids is 1. The third-order valence-corrected chi connectivity index (χ3v) is 4.02. The number of carboxylic acid groups (broad SMARTS) is 1. The zero-order valence-corrected chi connectivity index (χ0v) is 12.6. The van der Waals surface area contributed by atoms with E-state index in [2.05, 4.69) is 4.74 Å². The largest absolute Gasteiger partial charge is 0.508 e. The fourth-order valence-corrected chi connectivity index (χ4v) is 2.79. The number of phenols is 1. The highest BCUT2D eigenvalue weighted by Crippen LogP contribution is 2.32. The van der Waals surface area contributed by atoms with E-state index in [4.69, 9.17) is 5.11 Å². The van der Waals surface area contributed by atoms with E-state index >= 15 is 0 Å². The average Bonchev–Trinajstić information content (AvgIpc) is 2.49. The Hall–Kier alpha value is -2.47. The Morgan fingerprint density at radius 2 is 1.82 bits per heavy atom. The molecule has 0 fully saturated rings. The van der Waals surface area contributed by atoms with Crippen LogP contribution in [-0.2, 0) is 16.0 Å². The van der Waals surface area contributed by atoms with Crippen molar-refractivity contribution in [2.45, 2.75) is 16.2 Å². The fraction of sp³-hybridized carbons (Fsp3) is 0.125. The summed E-state index contributed by atoms with van der Waals surface area (Å²) >= 11 is 1.37. The molecule has 2 N–H and O–H groups in total. The van der Waals surface area contributed by atoms with Crippen molar-refractivity contribution in [3.05, 3.63) is 53.6 Å². The van der Waals surface area contributed by atoms with E-state index in [1.54, 1.807) is 30.3 Å². The lowest BCUT2D eigenvalue weighted by Crippen LogP contribution is -2.01. The summed E-state index contributed by atoms with van der Waals surface area (Å²) in [6.45, 7) is 0. The maximum atomic E-state index is 11.4. The van der Waals surface area contributed by atoms with Crippen LogP contribution in [-0.4, -0.2) is 29.3 Å². The second-order valence-corrected chi connectivity index (χ2v) is 5.60. The number of carboxylic acids is 1. The summed E-state index contributed by atoms with van der Waals surface area (Å²) in [6, 6.07) is 11.4. The molecular weight excluding hydrogens is 304 g/mol. The zero-order chi connectivity index (χ0) is 16.1. The van der Waals surface area contributed by atoms with Crippen LogP contribution in [0.25, 0.3) is 0 Å². The standard InChI is InChI=1S/C16H14O5S/c1-21-16(20)10-2-5-13(6-3-10)22-14-7-4-12(17)8-11(14)9-15(18)19/h2-8,17H,9H2,1H3,(H,18,19). The van der Waals surface area contributed by atoms with E-state index in [-0.39, 0.29) is 12.2 Å². The summed E-state index contributed by atoms with van der Waals surface area (Å²) < 4.78 is 4.63. The van der Waals surface area contributed by atoms with Gasteiger partial charge in [-0.05, 0) is 48.0 Å². The van der Waals surface area contributed by atoms with Gasteiger partial charge < -0.3 is 14.9 Å². The number of aromatic hydroxyl groups is 1. The van der Waals surface area contributed by atoms with Crippen molar-refractivity contribution in [2.75, 3.05) is 7.11 Å². The Labute approximate surface area is 131 Å². The molecule has 0 aliphatic heterocycles. The van der Waals surface area contributed by atoms with Crippen molar-refractivity contribution in [1.82, 2.24) is 0 Å². The van der Waals surface area contributed by atoms with Crippen molar-refractivity contribution in [3.8, 4) is 5.75 Å². The molecule has 0 aromatic heterocycles. The molecule has 2 aromatic rings.